The van der Waals surface area contributed by atoms with Gasteiger partial charge < -0.3 is 0 Å². The van der Waals surface area contributed by atoms with Crippen LogP contribution in [0.15, 0.2) is 0 Å². The zero-order chi connectivity index (χ0) is 6.83. The molecule has 0 spiro atoms. The summed E-state index contributed by atoms with van der Waals surface area (Å²) in [5.41, 5.74) is 0. The molecule has 11 heavy (non-hydrogen) atoms. The molecule has 0 heterocycles. The fourth-order valence-corrected chi connectivity index (χ4v) is 0.204. The maximum absolute atomic E-state index is 5.14. The lowest BCUT2D eigenvalue weighted by atomic mass is 10.0. The van der Waals surface area contributed by atoms with E-state index in [2.05, 4.69) is 20.8 Å². The van der Waals surface area contributed by atoms with Crippen molar-refractivity contribution in [1.82, 2.24) is 0 Å². The summed E-state index contributed by atoms with van der Waals surface area (Å²) in [5, 5.41) is 0. The summed E-state index contributed by atoms with van der Waals surface area (Å²) in [7, 11) is 5.14. The van der Waals surface area contributed by atoms with Gasteiger partial charge in [-0.2, -0.15) is 0 Å². The van der Waals surface area contributed by atoms with Crippen LogP contribution in [0.3, 0.4) is 0 Å². The molecule has 0 unspecified atom stereocenters. The lowest BCUT2D eigenvalue weighted by Gasteiger charge is -1.79. The van der Waals surface area contributed by atoms with Gasteiger partial charge in [-0.1, -0.05) is 61.2 Å². The highest BCUT2D eigenvalue weighted by atomic mass is 13.7. The highest BCUT2D eigenvalue weighted by molar-refractivity contribution is 6.08. The molecule has 0 bridgehead atoms. The van der Waals surface area contributed by atoms with Crippen LogP contribution in [0.1, 0.15) is 54.9 Å². The number of unbranched alkanes of at least 4 members (excludes halogenated alkanes) is 1. The maximum atomic E-state index is 5.14. The molecule has 0 aromatic rings. The van der Waals surface area contributed by atoms with Crippen LogP contribution >= 0.6 is 0 Å². The lowest BCUT2D eigenvalue weighted by Crippen LogP contribution is -1.63. The summed E-state index contributed by atoms with van der Waals surface area (Å²) < 4.78 is 0. The van der Waals surface area contributed by atoms with E-state index in [9.17, 15) is 0 Å². The first kappa shape index (κ1) is 30.4. The lowest BCUT2D eigenvalue weighted by molar-refractivity contribution is 0.884. The SMILES string of the molecule is C.C.CCC.[B].[B]CCCC. The van der Waals surface area contributed by atoms with Crippen molar-refractivity contribution in [3.05, 3.63) is 0 Å². The van der Waals surface area contributed by atoms with Crippen LogP contribution in [-0.2, 0) is 0 Å². The number of rotatable bonds is 2. The predicted octanol–water partition coefficient (Wildman–Crippen LogP) is 3.68. The molecule has 0 aliphatic heterocycles. The molecule has 0 saturated heterocycles. The highest BCUT2D eigenvalue weighted by Crippen LogP contribution is 1.86. The van der Waals surface area contributed by atoms with E-state index in [-0.39, 0.29) is 23.3 Å². The molecular weight excluding hydrogens is 130 g/mol. The van der Waals surface area contributed by atoms with Crippen molar-refractivity contribution in [2.75, 3.05) is 0 Å². The van der Waals surface area contributed by atoms with Crippen LogP contribution in [-0.4, -0.2) is 16.3 Å². The van der Waals surface area contributed by atoms with E-state index < -0.39 is 0 Å². The second kappa shape index (κ2) is 49.5. The van der Waals surface area contributed by atoms with Gasteiger partial charge in [-0.3, -0.25) is 0 Å². The highest BCUT2D eigenvalue weighted by Gasteiger charge is 1.68. The Bertz CT molecular complexity index is 21.5. The van der Waals surface area contributed by atoms with Gasteiger partial charge in [0.05, 0.1) is 7.85 Å². The second-order valence-corrected chi connectivity index (χ2v) is 1.85. The van der Waals surface area contributed by atoms with Crippen molar-refractivity contribution in [1.29, 1.82) is 0 Å². The minimum atomic E-state index is 0. The molecule has 5 radical (unpaired) electrons. The molecule has 0 aliphatic carbocycles. The Labute approximate surface area is 78.2 Å². The van der Waals surface area contributed by atoms with Crippen LogP contribution in [0.5, 0.6) is 0 Å². The molecule has 0 amide bonds. The summed E-state index contributed by atoms with van der Waals surface area (Å²) in [6.07, 6.45) is 4.48. The molecule has 0 aromatic carbocycles. The molecule has 0 atom stereocenters. The molecule has 2 heteroatoms. The quantitative estimate of drug-likeness (QED) is 0.533. The Hall–Kier alpha value is 0.130. The van der Waals surface area contributed by atoms with E-state index in [0.717, 1.165) is 6.32 Å². The topological polar surface area (TPSA) is 0 Å². The van der Waals surface area contributed by atoms with Crippen molar-refractivity contribution in [3.8, 4) is 0 Å². The van der Waals surface area contributed by atoms with E-state index in [1.807, 2.05) is 0 Å². The Morgan fingerprint density at radius 1 is 1.00 bits per heavy atom. The molecule has 0 fully saturated rings. The Morgan fingerprint density at radius 2 is 1.27 bits per heavy atom. The van der Waals surface area contributed by atoms with E-state index in [1.54, 1.807) is 0 Å². The Balaban J connectivity index is -0.0000000183. The van der Waals surface area contributed by atoms with E-state index in [0.29, 0.717) is 0 Å². The summed E-state index contributed by atoms with van der Waals surface area (Å²) >= 11 is 0. The van der Waals surface area contributed by atoms with Crippen molar-refractivity contribution < 1.29 is 0 Å². The predicted molar refractivity (Wildman–Crippen MR) is 60.7 cm³/mol. The molecule has 0 rings (SSSR count). The normalized spacial score (nSPS) is 5.36. The van der Waals surface area contributed by atoms with Crippen LogP contribution in [0.2, 0.25) is 6.32 Å². The Morgan fingerprint density at radius 3 is 1.27 bits per heavy atom. The summed E-state index contributed by atoms with van der Waals surface area (Å²) in [6, 6.07) is 0. The van der Waals surface area contributed by atoms with E-state index in [1.165, 1.54) is 19.3 Å². The fourth-order valence-electron chi connectivity index (χ4n) is 0.204. The third-order valence-corrected chi connectivity index (χ3v) is 0.558. The van der Waals surface area contributed by atoms with Gasteiger partial charge in [-0.25, -0.2) is 0 Å². The zero-order valence-corrected chi connectivity index (χ0v) is 6.98. The van der Waals surface area contributed by atoms with Crippen molar-refractivity contribution in [3.63, 3.8) is 0 Å². The molecule has 0 saturated carbocycles. The van der Waals surface area contributed by atoms with Gasteiger partial charge in [0.25, 0.3) is 0 Å². The van der Waals surface area contributed by atoms with Crippen molar-refractivity contribution >= 4 is 16.3 Å². The molecule has 0 aliphatic rings. The molecule has 0 aromatic heterocycles. The zero-order valence-electron chi connectivity index (χ0n) is 6.98. The van der Waals surface area contributed by atoms with Crippen molar-refractivity contribution in [2.45, 2.75) is 61.2 Å². The number of hydrogen-bond donors (Lipinski definition) is 0. The molecule has 0 N–H and O–H groups in total. The van der Waals surface area contributed by atoms with Gasteiger partial charge in [-0.15, -0.1) is 0 Å². The van der Waals surface area contributed by atoms with Gasteiger partial charge in [0.15, 0.2) is 0 Å². The average Bonchev–Trinajstić information content (AvgIpc) is 1.71. The standard InChI is InChI=1S/C4H9B.C3H8.2CH4.B/c1-2-3-4-5;1-3-2;;;/h2-4H2,1H3;3H2,1-2H3;2*1H4;. The second-order valence-electron chi connectivity index (χ2n) is 1.85. The minimum Gasteiger partial charge on any atom is -0.0887 e. The Kier molecular flexibility index (Phi) is 137. The molecular formula is C9H25B2. The van der Waals surface area contributed by atoms with E-state index >= 15 is 0 Å². The monoisotopic (exact) mass is 155 g/mol. The minimum absolute atomic E-state index is 0. The van der Waals surface area contributed by atoms with Gasteiger partial charge in [0.1, 0.15) is 0 Å². The first-order valence-corrected chi connectivity index (χ1v) is 3.53. The van der Waals surface area contributed by atoms with Gasteiger partial charge in [-0.05, 0) is 0 Å². The fraction of sp³-hybridized carbons (Fsp3) is 1.00. The third-order valence-electron chi connectivity index (χ3n) is 0.558. The van der Waals surface area contributed by atoms with Gasteiger partial charge in [0.2, 0.25) is 0 Å². The first-order valence-electron chi connectivity index (χ1n) is 3.53. The summed E-state index contributed by atoms with van der Waals surface area (Å²) in [5.74, 6) is 0. The largest absolute Gasteiger partial charge is 0.0887 e. The van der Waals surface area contributed by atoms with Crippen LogP contribution in [0, 0.1) is 0 Å². The molecule has 67 valence electrons. The van der Waals surface area contributed by atoms with Crippen LogP contribution in [0.25, 0.3) is 0 Å². The average molecular weight is 155 g/mol. The maximum Gasteiger partial charge on any atom is 0.0652 e. The van der Waals surface area contributed by atoms with Gasteiger partial charge in [0, 0.05) is 8.41 Å². The number of hydrogen-bond acceptors (Lipinski definition) is 0. The smallest absolute Gasteiger partial charge is 0.0652 e. The summed E-state index contributed by atoms with van der Waals surface area (Å²) in [4.78, 5) is 0. The first-order chi connectivity index (χ1) is 3.83. The third kappa shape index (κ3) is 148. The van der Waals surface area contributed by atoms with Crippen LogP contribution in [0.4, 0.5) is 0 Å². The van der Waals surface area contributed by atoms with Gasteiger partial charge >= 0.3 is 0 Å². The van der Waals surface area contributed by atoms with Crippen LogP contribution < -0.4 is 0 Å². The van der Waals surface area contributed by atoms with E-state index in [4.69, 9.17) is 7.85 Å². The van der Waals surface area contributed by atoms with Crippen molar-refractivity contribution in [2.24, 2.45) is 0 Å². The molecule has 0 nitrogen and oxygen atoms in total. The summed E-state index contributed by atoms with van der Waals surface area (Å²) in [6.45, 7) is 6.38.